The molecular formula is C20H24N6O2. The zero-order valence-electron chi connectivity index (χ0n) is 16.2. The first kappa shape index (κ1) is 18.2. The number of hydrogen-bond donors (Lipinski definition) is 0. The van der Waals surface area contributed by atoms with Crippen LogP contribution in [0.1, 0.15) is 12.7 Å². The summed E-state index contributed by atoms with van der Waals surface area (Å²) in [6.07, 6.45) is 2.58. The molecule has 1 amide bonds. The highest BCUT2D eigenvalue weighted by atomic mass is 16.5. The van der Waals surface area contributed by atoms with Crippen LogP contribution >= 0.6 is 0 Å². The second-order valence-electron chi connectivity index (χ2n) is 6.79. The van der Waals surface area contributed by atoms with Crippen LogP contribution in [-0.4, -0.2) is 63.3 Å². The van der Waals surface area contributed by atoms with E-state index < -0.39 is 0 Å². The molecule has 28 heavy (non-hydrogen) atoms. The summed E-state index contributed by atoms with van der Waals surface area (Å²) < 4.78 is 7.36. The third kappa shape index (κ3) is 3.62. The van der Waals surface area contributed by atoms with E-state index in [4.69, 9.17) is 9.72 Å². The van der Waals surface area contributed by atoms with Crippen molar-refractivity contribution in [2.75, 3.05) is 37.7 Å². The SMILES string of the molecule is CCc1nc(N2CCN(C(=O)COc3ccccc3)CC2)c2cnn(C)c2n1. The van der Waals surface area contributed by atoms with Crippen molar-refractivity contribution in [1.82, 2.24) is 24.6 Å². The Morgan fingerprint density at radius 1 is 1.11 bits per heavy atom. The van der Waals surface area contributed by atoms with Crippen molar-refractivity contribution in [3.05, 3.63) is 42.4 Å². The number of carbonyl (C=O) groups is 1. The van der Waals surface area contributed by atoms with E-state index in [9.17, 15) is 4.79 Å². The number of rotatable bonds is 5. The fourth-order valence-corrected chi connectivity index (χ4v) is 3.37. The molecule has 1 saturated heterocycles. The van der Waals surface area contributed by atoms with Gasteiger partial charge in [-0.25, -0.2) is 9.97 Å². The second-order valence-corrected chi connectivity index (χ2v) is 6.79. The lowest BCUT2D eigenvalue weighted by molar-refractivity contribution is -0.133. The number of nitrogens with zero attached hydrogens (tertiary/aromatic N) is 6. The van der Waals surface area contributed by atoms with E-state index >= 15 is 0 Å². The van der Waals surface area contributed by atoms with E-state index in [1.54, 1.807) is 4.68 Å². The molecule has 2 aromatic heterocycles. The zero-order valence-corrected chi connectivity index (χ0v) is 16.2. The summed E-state index contributed by atoms with van der Waals surface area (Å²) in [5.74, 6) is 2.43. The van der Waals surface area contributed by atoms with Gasteiger partial charge in [0.05, 0.1) is 11.6 Å². The Morgan fingerprint density at radius 2 is 1.86 bits per heavy atom. The van der Waals surface area contributed by atoms with E-state index in [-0.39, 0.29) is 12.5 Å². The van der Waals surface area contributed by atoms with Gasteiger partial charge in [0.15, 0.2) is 12.3 Å². The Hall–Kier alpha value is -3.16. The van der Waals surface area contributed by atoms with Gasteiger partial charge in [-0.15, -0.1) is 0 Å². The van der Waals surface area contributed by atoms with Crippen molar-refractivity contribution in [1.29, 1.82) is 0 Å². The Labute approximate surface area is 163 Å². The first-order valence-electron chi connectivity index (χ1n) is 9.55. The van der Waals surface area contributed by atoms with Crippen LogP contribution < -0.4 is 9.64 Å². The molecular weight excluding hydrogens is 356 g/mol. The standard InChI is InChI=1S/C20H24N6O2/c1-3-17-22-19-16(13-21-24(19)2)20(23-17)26-11-9-25(10-12-26)18(27)14-28-15-7-5-4-6-8-15/h4-8,13H,3,9-12,14H2,1-2H3. The van der Waals surface area contributed by atoms with Gasteiger partial charge < -0.3 is 14.5 Å². The number of para-hydroxylation sites is 1. The molecule has 0 unspecified atom stereocenters. The van der Waals surface area contributed by atoms with Gasteiger partial charge in [0.25, 0.3) is 5.91 Å². The summed E-state index contributed by atoms with van der Waals surface area (Å²) >= 11 is 0. The van der Waals surface area contributed by atoms with Gasteiger partial charge >= 0.3 is 0 Å². The number of hydrogen-bond acceptors (Lipinski definition) is 6. The minimum Gasteiger partial charge on any atom is -0.484 e. The summed E-state index contributed by atoms with van der Waals surface area (Å²) in [6.45, 7) is 4.84. The fraction of sp³-hybridized carbons (Fsp3) is 0.400. The molecule has 0 N–H and O–H groups in total. The summed E-state index contributed by atoms with van der Waals surface area (Å²) in [7, 11) is 1.89. The normalized spacial score (nSPS) is 14.5. The lowest BCUT2D eigenvalue weighted by atomic mass is 10.2. The maximum absolute atomic E-state index is 12.5. The van der Waals surface area contributed by atoms with Crippen LogP contribution in [-0.2, 0) is 18.3 Å². The topological polar surface area (TPSA) is 76.4 Å². The highest BCUT2D eigenvalue weighted by Gasteiger charge is 2.24. The first-order valence-corrected chi connectivity index (χ1v) is 9.55. The van der Waals surface area contributed by atoms with Gasteiger partial charge in [-0.3, -0.25) is 9.48 Å². The van der Waals surface area contributed by atoms with Gasteiger partial charge in [-0.2, -0.15) is 5.10 Å². The van der Waals surface area contributed by atoms with Crippen molar-refractivity contribution in [2.24, 2.45) is 7.05 Å². The Balaban J connectivity index is 1.41. The second kappa shape index (κ2) is 7.84. The Kier molecular flexibility index (Phi) is 5.10. The van der Waals surface area contributed by atoms with E-state index in [1.165, 1.54) is 0 Å². The Bertz CT molecular complexity index is 963. The number of benzene rings is 1. The number of aryl methyl sites for hydroxylation is 2. The molecule has 0 atom stereocenters. The molecule has 0 bridgehead atoms. The quantitative estimate of drug-likeness (QED) is 0.670. The van der Waals surface area contributed by atoms with Crippen molar-refractivity contribution in [2.45, 2.75) is 13.3 Å². The highest BCUT2D eigenvalue weighted by molar-refractivity contribution is 5.87. The third-order valence-electron chi connectivity index (χ3n) is 4.97. The maximum Gasteiger partial charge on any atom is 0.260 e. The molecule has 1 aliphatic rings. The molecule has 0 aliphatic carbocycles. The molecule has 1 aromatic carbocycles. The number of anilines is 1. The predicted molar refractivity (Wildman–Crippen MR) is 106 cm³/mol. The van der Waals surface area contributed by atoms with E-state index in [0.717, 1.165) is 42.2 Å². The number of carbonyl (C=O) groups excluding carboxylic acids is 1. The molecule has 1 fully saturated rings. The van der Waals surface area contributed by atoms with Crippen LogP contribution in [0.25, 0.3) is 11.0 Å². The largest absolute Gasteiger partial charge is 0.484 e. The molecule has 0 spiro atoms. The minimum atomic E-state index is 0.00645. The molecule has 8 nitrogen and oxygen atoms in total. The monoisotopic (exact) mass is 380 g/mol. The van der Waals surface area contributed by atoms with Crippen LogP contribution in [0.5, 0.6) is 5.75 Å². The third-order valence-corrected chi connectivity index (χ3v) is 4.97. The molecule has 1 aliphatic heterocycles. The lowest BCUT2D eigenvalue weighted by Crippen LogP contribution is -2.50. The van der Waals surface area contributed by atoms with E-state index in [0.29, 0.717) is 18.8 Å². The van der Waals surface area contributed by atoms with Crippen LogP contribution in [0.3, 0.4) is 0 Å². The average Bonchev–Trinajstić information content (AvgIpc) is 3.13. The number of piperazine rings is 1. The van der Waals surface area contributed by atoms with Crippen LogP contribution in [0.2, 0.25) is 0 Å². The molecule has 3 heterocycles. The molecule has 8 heteroatoms. The summed E-state index contributed by atoms with van der Waals surface area (Å²) in [4.78, 5) is 25.9. The van der Waals surface area contributed by atoms with Crippen LogP contribution in [0.4, 0.5) is 5.82 Å². The van der Waals surface area contributed by atoms with Crippen LogP contribution in [0.15, 0.2) is 36.5 Å². The number of ether oxygens (including phenoxy) is 1. The fourth-order valence-electron chi connectivity index (χ4n) is 3.37. The first-order chi connectivity index (χ1) is 13.7. The van der Waals surface area contributed by atoms with Gasteiger partial charge in [0.1, 0.15) is 17.4 Å². The molecule has 146 valence electrons. The number of amides is 1. The molecule has 0 saturated carbocycles. The van der Waals surface area contributed by atoms with Crippen molar-refractivity contribution in [3.63, 3.8) is 0 Å². The van der Waals surface area contributed by atoms with E-state index in [1.807, 2.05) is 55.4 Å². The minimum absolute atomic E-state index is 0.00645. The lowest BCUT2D eigenvalue weighted by Gasteiger charge is -2.35. The highest BCUT2D eigenvalue weighted by Crippen LogP contribution is 2.24. The average molecular weight is 380 g/mol. The van der Waals surface area contributed by atoms with E-state index in [2.05, 4.69) is 15.0 Å². The number of fused-ring (bicyclic) bond motifs is 1. The van der Waals surface area contributed by atoms with Crippen molar-refractivity contribution in [3.8, 4) is 5.75 Å². The van der Waals surface area contributed by atoms with Gasteiger partial charge in [0, 0.05) is 39.6 Å². The zero-order chi connectivity index (χ0) is 19.5. The van der Waals surface area contributed by atoms with Gasteiger partial charge in [0.2, 0.25) is 0 Å². The summed E-state index contributed by atoms with van der Waals surface area (Å²) in [5.41, 5.74) is 0.844. The van der Waals surface area contributed by atoms with Crippen LogP contribution in [0, 0.1) is 0 Å². The van der Waals surface area contributed by atoms with Gasteiger partial charge in [-0.1, -0.05) is 25.1 Å². The molecule has 4 rings (SSSR count). The number of aromatic nitrogens is 4. The molecule has 0 radical (unpaired) electrons. The van der Waals surface area contributed by atoms with Gasteiger partial charge in [-0.05, 0) is 12.1 Å². The molecule has 3 aromatic rings. The maximum atomic E-state index is 12.5. The van der Waals surface area contributed by atoms with Crippen molar-refractivity contribution >= 4 is 22.8 Å². The summed E-state index contributed by atoms with van der Waals surface area (Å²) in [6, 6.07) is 9.41. The Morgan fingerprint density at radius 3 is 2.57 bits per heavy atom. The smallest absolute Gasteiger partial charge is 0.260 e. The van der Waals surface area contributed by atoms with Crippen molar-refractivity contribution < 1.29 is 9.53 Å². The summed E-state index contributed by atoms with van der Waals surface area (Å²) in [5, 5.41) is 5.28. The predicted octanol–water partition coefficient (Wildman–Crippen LogP) is 1.65.